The lowest BCUT2D eigenvalue weighted by molar-refractivity contribution is -0.117. The van der Waals surface area contributed by atoms with E-state index in [-0.39, 0.29) is 18.3 Å². The van der Waals surface area contributed by atoms with Crippen LogP contribution in [0.2, 0.25) is 0 Å². The molecule has 3 rings (SSSR count). The van der Waals surface area contributed by atoms with Crippen LogP contribution in [0.15, 0.2) is 22.6 Å². The zero-order valence-electron chi connectivity index (χ0n) is 12.0. The number of nitrogens with one attached hydrogen (secondary N) is 1. The van der Waals surface area contributed by atoms with Gasteiger partial charge in [0, 0.05) is 11.6 Å². The smallest absolute Gasteiger partial charge is 0.241 e. The van der Waals surface area contributed by atoms with Gasteiger partial charge in [-0.15, -0.1) is 12.4 Å². The molecule has 0 saturated heterocycles. The fraction of sp³-hybridized carbons (Fsp3) is 0.467. The van der Waals surface area contributed by atoms with Crippen molar-refractivity contribution in [3.8, 4) is 0 Å². The highest BCUT2D eigenvalue weighted by molar-refractivity contribution is 5.96. The maximum Gasteiger partial charge on any atom is 0.241 e. The molecule has 1 atom stereocenters. The number of hydrogen-bond donors (Lipinski definition) is 2. The van der Waals surface area contributed by atoms with Crippen molar-refractivity contribution in [1.29, 1.82) is 0 Å². The van der Waals surface area contributed by atoms with E-state index in [1.165, 1.54) is 0 Å². The lowest BCUT2D eigenvalue weighted by atomic mass is 10.1. The minimum atomic E-state index is -0.463. The summed E-state index contributed by atoms with van der Waals surface area (Å²) in [6.07, 6.45) is 3.89. The summed E-state index contributed by atoms with van der Waals surface area (Å²) in [6.45, 7) is 2.01. The molecule has 1 aliphatic rings. The number of halogens is 1. The average Bonchev–Trinajstić information content (AvgIpc) is 3.19. The lowest BCUT2D eigenvalue weighted by Crippen LogP contribution is -2.35. The molecule has 1 amide bonds. The van der Waals surface area contributed by atoms with Crippen molar-refractivity contribution in [2.75, 3.05) is 5.32 Å². The number of nitrogens with zero attached hydrogens (tertiary/aromatic N) is 1. The molecule has 0 radical (unpaired) electrons. The topological polar surface area (TPSA) is 81.2 Å². The van der Waals surface area contributed by atoms with Crippen LogP contribution in [0.3, 0.4) is 0 Å². The molecule has 1 saturated carbocycles. The van der Waals surface area contributed by atoms with Crippen LogP contribution in [-0.2, 0) is 4.79 Å². The molecular weight excluding hydrogens is 290 g/mol. The molecule has 5 nitrogen and oxygen atoms in total. The predicted octanol–water partition coefficient (Wildman–Crippen LogP) is 3.19. The Bertz CT molecular complexity index is 637. The molecule has 0 aliphatic heterocycles. The normalized spacial score (nSPS) is 15.5. The molecule has 3 N–H and O–H groups in total. The molecular formula is C15H20ClN3O2. The van der Waals surface area contributed by atoms with Gasteiger partial charge < -0.3 is 15.5 Å². The first-order valence-corrected chi connectivity index (χ1v) is 7.14. The van der Waals surface area contributed by atoms with E-state index in [9.17, 15) is 4.79 Å². The summed E-state index contributed by atoms with van der Waals surface area (Å²) < 4.78 is 5.69. The third kappa shape index (κ3) is 3.54. The summed E-state index contributed by atoms with van der Waals surface area (Å²) >= 11 is 0. The molecule has 114 valence electrons. The molecule has 1 aromatic heterocycles. The number of nitrogens with two attached hydrogens (primary N) is 1. The number of anilines is 1. The summed E-state index contributed by atoms with van der Waals surface area (Å²) in [4.78, 5) is 16.4. The number of carbonyl (C=O) groups excluding carboxylic acids is 1. The van der Waals surface area contributed by atoms with E-state index in [0.717, 1.165) is 36.3 Å². The van der Waals surface area contributed by atoms with E-state index in [1.807, 2.05) is 25.1 Å². The van der Waals surface area contributed by atoms with E-state index >= 15 is 0 Å². The molecule has 1 aliphatic carbocycles. The highest BCUT2D eigenvalue weighted by atomic mass is 35.5. The molecule has 0 spiro atoms. The second kappa shape index (κ2) is 6.45. The van der Waals surface area contributed by atoms with Gasteiger partial charge in [-0.25, -0.2) is 4.98 Å². The fourth-order valence-electron chi connectivity index (χ4n) is 2.20. The highest BCUT2D eigenvalue weighted by Gasteiger charge is 2.28. The quantitative estimate of drug-likeness (QED) is 0.888. The first-order chi connectivity index (χ1) is 9.67. The molecule has 1 heterocycles. The zero-order valence-corrected chi connectivity index (χ0v) is 12.8. The molecule has 21 heavy (non-hydrogen) atoms. The van der Waals surface area contributed by atoms with E-state index in [0.29, 0.717) is 18.0 Å². The number of fused-ring (bicyclic) bond motifs is 1. The molecule has 1 unspecified atom stereocenters. The van der Waals surface area contributed by atoms with Crippen LogP contribution in [-0.4, -0.2) is 16.9 Å². The Kier molecular flexibility index (Phi) is 4.85. The van der Waals surface area contributed by atoms with Crippen molar-refractivity contribution in [1.82, 2.24) is 4.98 Å². The monoisotopic (exact) mass is 309 g/mol. The van der Waals surface area contributed by atoms with Gasteiger partial charge in [0.2, 0.25) is 5.91 Å². The summed E-state index contributed by atoms with van der Waals surface area (Å²) in [7, 11) is 0. The van der Waals surface area contributed by atoms with E-state index in [4.69, 9.17) is 10.2 Å². The van der Waals surface area contributed by atoms with Gasteiger partial charge in [-0.05, 0) is 37.5 Å². The standard InChI is InChI=1S/C15H19N3O2.ClH/c1-2-3-11(16)14(19)17-10-6-7-13-12(8-10)18-15(20-13)9-4-5-9;/h6-9,11H,2-5,16H2,1H3,(H,17,19);1H. The molecule has 2 aromatic rings. The van der Waals surface area contributed by atoms with Crippen molar-refractivity contribution in [2.24, 2.45) is 5.73 Å². The van der Waals surface area contributed by atoms with Crippen LogP contribution in [0, 0.1) is 0 Å². The van der Waals surface area contributed by atoms with Crippen molar-refractivity contribution in [2.45, 2.75) is 44.6 Å². The van der Waals surface area contributed by atoms with Gasteiger partial charge in [-0.2, -0.15) is 0 Å². The Morgan fingerprint density at radius 1 is 1.52 bits per heavy atom. The number of oxazole rings is 1. The summed E-state index contributed by atoms with van der Waals surface area (Å²) in [5.41, 5.74) is 8.06. The van der Waals surface area contributed by atoms with Gasteiger partial charge in [-0.3, -0.25) is 4.79 Å². The number of rotatable bonds is 5. The largest absolute Gasteiger partial charge is 0.440 e. The first kappa shape index (κ1) is 15.8. The number of carbonyl (C=O) groups is 1. The maximum absolute atomic E-state index is 11.9. The minimum absolute atomic E-state index is 0. The molecule has 1 fully saturated rings. The van der Waals surface area contributed by atoms with E-state index < -0.39 is 6.04 Å². The summed E-state index contributed by atoms with van der Waals surface area (Å²) in [5, 5.41) is 2.83. The van der Waals surface area contributed by atoms with Gasteiger partial charge >= 0.3 is 0 Å². The van der Waals surface area contributed by atoms with Gasteiger partial charge in [0.1, 0.15) is 5.52 Å². The third-order valence-electron chi connectivity index (χ3n) is 3.53. The molecule has 1 aromatic carbocycles. The van der Waals surface area contributed by atoms with E-state index in [2.05, 4.69) is 10.3 Å². The summed E-state index contributed by atoms with van der Waals surface area (Å²) in [5.74, 6) is 1.14. The Hall–Kier alpha value is -1.59. The number of benzene rings is 1. The Morgan fingerprint density at radius 3 is 2.95 bits per heavy atom. The summed E-state index contributed by atoms with van der Waals surface area (Å²) in [6, 6.07) is 5.03. The van der Waals surface area contributed by atoms with Crippen LogP contribution >= 0.6 is 12.4 Å². The van der Waals surface area contributed by atoms with Crippen LogP contribution < -0.4 is 11.1 Å². The average molecular weight is 310 g/mol. The van der Waals surface area contributed by atoms with Crippen molar-refractivity contribution in [3.63, 3.8) is 0 Å². The first-order valence-electron chi connectivity index (χ1n) is 7.14. The second-order valence-electron chi connectivity index (χ2n) is 5.39. The number of hydrogen-bond acceptors (Lipinski definition) is 4. The van der Waals surface area contributed by atoms with Gasteiger partial charge in [0.05, 0.1) is 6.04 Å². The van der Waals surface area contributed by atoms with E-state index in [1.54, 1.807) is 0 Å². The van der Waals surface area contributed by atoms with Crippen LogP contribution in [0.4, 0.5) is 5.69 Å². The Labute approximate surface area is 129 Å². The maximum atomic E-state index is 11.9. The number of aromatic nitrogens is 1. The zero-order chi connectivity index (χ0) is 14.1. The van der Waals surface area contributed by atoms with Crippen LogP contribution in [0.5, 0.6) is 0 Å². The van der Waals surface area contributed by atoms with Crippen molar-refractivity contribution in [3.05, 3.63) is 24.1 Å². The Balaban J connectivity index is 0.00000161. The fourth-order valence-corrected chi connectivity index (χ4v) is 2.20. The molecule has 0 bridgehead atoms. The van der Waals surface area contributed by atoms with Crippen LogP contribution in [0.1, 0.15) is 44.4 Å². The van der Waals surface area contributed by atoms with Gasteiger partial charge in [0.25, 0.3) is 0 Å². The minimum Gasteiger partial charge on any atom is -0.440 e. The second-order valence-corrected chi connectivity index (χ2v) is 5.39. The van der Waals surface area contributed by atoms with Crippen molar-refractivity contribution >= 4 is 35.1 Å². The van der Waals surface area contributed by atoms with Gasteiger partial charge in [-0.1, -0.05) is 13.3 Å². The van der Waals surface area contributed by atoms with Crippen molar-refractivity contribution < 1.29 is 9.21 Å². The number of amides is 1. The molecule has 6 heteroatoms. The Morgan fingerprint density at radius 2 is 2.29 bits per heavy atom. The predicted molar refractivity (Wildman–Crippen MR) is 84.7 cm³/mol. The lowest BCUT2D eigenvalue weighted by Gasteiger charge is -2.10. The SMILES string of the molecule is CCCC(N)C(=O)Nc1ccc2oc(C3CC3)nc2c1.Cl. The van der Waals surface area contributed by atoms with Crippen LogP contribution in [0.25, 0.3) is 11.1 Å². The van der Waals surface area contributed by atoms with Gasteiger partial charge in [0.15, 0.2) is 11.5 Å². The highest BCUT2D eigenvalue weighted by Crippen LogP contribution is 2.40. The third-order valence-corrected chi connectivity index (χ3v) is 3.53.